The highest BCUT2D eigenvalue weighted by Gasteiger charge is 2.16. The van der Waals surface area contributed by atoms with E-state index in [4.69, 9.17) is 0 Å². The van der Waals surface area contributed by atoms with Crippen LogP contribution in [0.4, 0.5) is 0 Å². The Hall–Kier alpha value is -0.900. The van der Waals surface area contributed by atoms with Crippen molar-refractivity contribution in [3.05, 3.63) is 35.9 Å². The maximum atomic E-state index is 9.23. The van der Waals surface area contributed by atoms with Crippen LogP contribution in [0.1, 0.15) is 5.56 Å². The molecular formula is C13H20N2O. The summed E-state index contributed by atoms with van der Waals surface area (Å²) in [6, 6.07) is 10.5. The van der Waals surface area contributed by atoms with Crippen LogP contribution in [0.3, 0.4) is 0 Å². The molecule has 0 radical (unpaired) electrons. The minimum Gasteiger partial charge on any atom is -0.396 e. The first-order valence-electron chi connectivity index (χ1n) is 5.96. The number of aliphatic hydroxyl groups excluding tert-OH is 1. The topological polar surface area (TPSA) is 35.5 Å². The summed E-state index contributed by atoms with van der Waals surface area (Å²) in [6.45, 7) is 5.26. The van der Waals surface area contributed by atoms with Gasteiger partial charge in [0.2, 0.25) is 0 Å². The van der Waals surface area contributed by atoms with Gasteiger partial charge in [-0.25, -0.2) is 0 Å². The highest BCUT2D eigenvalue weighted by Crippen LogP contribution is 2.08. The largest absolute Gasteiger partial charge is 0.396 e. The zero-order valence-electron chi connectivity index (χ0n) is 9.60. The molecule has 0 saturated carbocycles. The van der Waals surface area contributed by atoms with E-state index in [0.717, 1.165) is 32.7 Å². The number of nitrogens with zero attached hydrogens (tertiary/aromatic N) is 1. The normalized spacial score (nSPS) is 22.9. The second-order valence-corrected chi connectivity index (χ2v) is 4.47. The van der Waals surface area contributed by atoms with E-state index in [0.29, 0.717) is 5.92 Å². The summed E-state index contributed by atoms with van der Waals surface area (Å²) in [5.41, 5.74) is 1.35. The lowest BCUT2D eigenvalue weighted by Crippen LogP contribution is -2.30. The summed E-state index contributed by atoms with van der Waals surface area (Å²) in [5, 5.41) is 12.6. The fourth-order valence-electron chi connectivity index (χ4n) is 2.17. The van der Waals surface area contributed by atoms with Crippen LogP contribution in [0.2, 0.25) is 0 Å². The van der Waals surface area contributed by atoms with E-state index in [1.807, 2.05) is 6.07 Å². The van der Waals surface area contributed by atoms with Gasteiger partial charge in [-0.2, -0.15) is 0 Å². The van der Waals surface area contributed by atoms with Crippen LogP contribution in [0.25, 0.3) is 0 Å². The van der Waals surface area contributed by atoms with Crippen molar-refractivity contribution < 1.29 is 5.11 Å². The van der Waals surface area contributed by atoms with Gasteiger partial charge >= 0.3 is 0 Å². The van der Waals surface area contributed by atoms with E-state index >= 15 is 0 Å². The van der Waals surface area contributed by atoms with Crippen molar-refractivity contribution in [2.75, 3.05) is 32.8 Å². The summed E-state index contributed by atoms with van der Waals surface area (Å²) in [4.78, 5) is 2.41. The molecule has 88 valence electrons. The summed E-state index contributed by atoms with van der Waals surface area (Å²) in [5.74, 6) is 0.367. The van der Waals surface area contributed by atoms with Crippen LogP contribution in [0.5, 0.6) is 0 Å². The molecule has 3 nitrogen and oxygen atoms in total. The monoisotopic (exact) mass is 220 g/mol. The number of benzene rings is 1. The number of hydrogen-bond acceptors (Lipinski definition) is 3. The Labute approximate surface area is 97.1 Å². The Morgan fingerprint density at radius 1 is 1.31 bits per heavy atom. The zero-order valence-corrected chi connectivity index (χ0v) is 9.60. The van der Waals surface area contributed by atoms with Crippen molar-refractivity contribution in [3.63, 3.8) is 0 Å². The SMILES string of the molecule is OCC1CNCCN(Cc2ccccc2)C1. The molecule has 0 aromatic heterocycles. The van der Waals surface area contributed by atoms with Crippen LogP contribution < -0.4 is 5.32 Å². The van der Waals surface area contributed by atoms with Gasteiger partial charge in [0.1, 0.15) is 0 Å². The van der Waals surface area contributed by atoms with Crippen LogP contribution in [-0.4, -0.2) is 42.8 Å². The zero-order chi connectivity index (χ0) is 11.2. The quantitative estimate of drug-likeness (QED) is 0.787. The molecule has 2 N–H and O–H groups in total. The minimum absolute atomic E-state index is 0.276. The summed E-state index contributed by atoms with van der Waals surface area (Å²) < 4.78 is 0. The molecule has 0 amide bonds. The Balaban J connectivity index is 1.93. The van der Waals surface area contributed by atoms with E-state index in [-0.39, 0.29) is 6.61 Å². The highest BCUT2D eigenvalue weighted by atomic mass is 16.3. The number of hydrogen-bond donors (Lipinski definition) is 2. The molecule has 1 saturated heterocycles. The van der Waals surface area contributed by atoms with Gasteiger partial charge in [0.25, 0.3) is 0 Å². The van der Waals surface area contributed by atoms with Crippen LogP contribution in [-0.2, 0) is 6.54 Å². The third-order valence-electron chi connectivity index (χ3n) is 3.06. The van der Waals surface area contributed by atoms with Gasteiger partial charge in [0.15, 0.2) is 0 Å². The van der Waals surface area contributed by atoms with Gasteiger partial charge in [0, 0.05) is 45.2 Å². The summed E-state index contributed by atoms with van der Waals surface area (Å²) >= 11 is 0. The van der Waals surface area contributed by atoms with Gasteiger partial charge in [-0.05, 0) is 5.56 Å². The van der Waals surface area contributed by atoms with Crippen molar-refractivity contribution >= 4 is 0 Å². The molecule has 0 bridgehead atoms. The smallest absolute Gasteiger partial charge is 0.0483 e. The number of rotatable bonds is 3. The first-order chi connectivity index (χ1) is 7.88. The fraction of sp³-hybridized carbons (Fsp3) is 0.538. The van der Waals surface area contributed by atoms with E-state index < -0.39 is 0 Å². The Bertz CT molecular complexity index is 302. The standard InChI is InChI=1S/C13H20N2O/c16-11-13-8-14-6-7-15(10-13)9-12-4-2-1-3-5-12/h1-5,13-14,16H,6-11H2. The molecule has 1 atom stereocenters. The second-order valence-electron chi connectivity index (χ2n) is 4.47. The maximum absolute atomic E-state index is 9.23. The highest BCUT2D eigenvalue weighted by molar-refractivity contribution is 5.14. The molecule has 1 aromatic carbocycles. The van der Waals surface area contributed by atoms with E-state index in [9.17, 15) is 5.11 Å². The average Bonchev–Trinajstić information content (AvgIpc) is 2.55. The summed E-state index contributed by atoms with van der Waals surface area (Å²) in [6.07, 6.45) is 0. The van der Waals surface area contributed by atoms with Crippen molar-refractivity contribution in [1.82, 2.24) is 10.2 Å². The predicted octanol–water partition coefficient (Wildman–Crippen LogP) is 0.700. The van der Waals surface area contributed by atoms with Gasteiger partial charge in [-0.3, -0.25) is 4.90 Å². The van der Waals surface area contributed by atoms with Gasteiger partial charge < -0.3 is 10.4 Å². The van der Waals surface area contributed by atoms with Crippen molar-refractivity contribution in [2.24, 2.45) is 5.92 Å². The molecule has 1 aromatic rings. The molecule has 2 rings (SSSR count). The third-order valence-corrected chi connectivity index (χ3v) is 3.06. The second kappa shape index (κ2) is 5.99. The van der Waals surface area contributed by atoms with Gasteiger partial charge in [-0.1, -0.05) is 30.3 Å². The lowest BCUT2D eigenvalue weighted by molar-refractivity contribution is 0.177. The summed E-state index contributed by atoms with van der Waals surface area (Å²) in [7, 11) is 0. The fourth-order valence-corrected chi connectivity index (χ4v) is 2.17. The average molecular weight is 220 g/mol. The number of nitrogens with one attached hydrogen (secondary N) is 1. The molecule has 1 fully saturated rings. The molecule has 16 heavy (non-hydrogen) atoms. The molecule has 1 aliphatic heterocycles. The molecular weight excluding hydrogens is 200 g/mol. The molecule has 0 spiro atoms. The predicted molar refractivity (Wildman–Crippen MR) is 65.2 cm³/mol. The van der Waals surface area contributed by atoms with Crippen LogP contribution >= 0.6 is 0 Å². The Morgan fingerprint density at radius 3 is 2.88 bits per heavy atom. The molecule has 1 heterocycles. The van der Waals surface area contributed by atoms with E-state index in [1.54, 1.807) is 0 Å². The third kappa shape index (κ3) is 3.30. The van der Waals surface area contributed by atoms with Crippen LogP contribution in [0.15, 0.2) is 30.3 Å². The minimum atomic E-state index is 0.276. The van der Waals surface area contributed by atoms with Crippen molar-refractivity contribution in [1.29, 1.82) is 0 Å². The van der Waals surface area contributed by atoms with E-state index in [2.05, 4.69) is 34.5 Å². The molecule has 3 heteroatoms. The van der Waals surface area contributed by atoms with Crippen molar-refractivity contribution in [2.45, 2.75) is 6.54 Å². The van der Waals surface area contributed by atoms with Gasteiger partial charge in [0.05, 0.1) is 0 Å². The van der Waals surface area contributed by atoms with Crippen molar-refractivity contribution in [3.8, 4) is 0 Å². The number of aliphatic hydroxyl groups is 1. The first-order valence-corrected chi connectivity index (χ1v) is 5.96. The molecule has 1 unspecified atom stereocenters. The van der Waals surface area contributed by atoms with E-state index in [1.165, 1.54) is 5.56 Å². The molecule has 0 aliphatic carbocycles. The van der Waals surface area contributed by atoms with Crippen LogP contribution in [0, 0.1) is 5.92 Å². The maximum Gasteiger partial charge on any atom is 0.0483 e. The lowest BCUT2D eigenvalue weighted by atomic mass is 10.1. The Morgan fingerprint density at radius 2 is 2.12 bits per heavy atom. The Kier molecular flexibility index (Phi) is 4.34. The lowest BCUT2D eigenvalue weighted by Gasteiger charge is -2.22. The molecule has 1 aliphatic rings. The first kappa shape index (κ1) is 11.6. The van der Waals surface area contributed by atoms with Gasteiger partial charge in [-0.15, -0.1) is 0 Å².